The summed E-state index contributed by atoms with van der Waals surface area (Å²) in [5, 5.41) is 0. The first-order chi connectivity index (χ1) is 45.4. The van der Waals surface area contributed by atoms with Crippen LogP contribution < -0.4 is 103 Å². The Labute approximate surface area is 720 Å². The Bertz CT molecular complexity index is 3760. The van der Waals surface area contributed by atoms with E-state index in [2.05, 4.69) is 98.2 Å². The van der Waals surface area contributed by atoms with Crippen molar-refractivity contribution in [3.63, 3.8) is 0 Å². The van der Waals surface area contributed by atoms with Gasteiger partial charge in [0.15, 0.2) is 0 Å². The van der Waals surface area contributed by atoms with Gasteiger partial charge in [0.05, 0.1) is 0 Å². The van der Waals surface area contributed by atoms with Gasteiger partial charge in [0.1, 0.15) is 0 Å². The molecule has 538 valence electrons. The van der Waals surface area contributed by atoms with E-state index in [9.17, 15) is 14.4 Å². The number of aryl methyl sites for hydroxylation is 21. The van der Waals surface area contributed by atoms with E-state index >= 15 is 19.2 Å². The summed E-state index contributed by atoms with van der Waals surface area (Å²) in [6.45, 7) is 77.5. The number of hydrogen-bond acceptors (Lipinski definition) is 7. The Morgan fingerprint density at radius 3 is 0.471 bits per heavy atom. The molecule has 0 N–H and O–H groups in total. The third-order valence-electron chi connectivity index (χ3n) is 21.4. The molecule has 0 bridgehead atoms. The van der Waals surface area contributed by atoms with E-state index < -0.39 is 90.3 Å². The minimum absolute atomic E-state index is 0. The maximum Gasteiger partial charge on any atom is 1.00 e. The largest absolute Gasteiger partial charge is 1.00 e. The van der Waals surface area contributed by atoms with Crippen molar-refractivity contribution in [2.24, 2.45) is 0 Å². The molecule has 0 aliphatic carbocycles. The van der Waals surface area contributed by atoms with E-state index in [1.54, 1.807) is 0 Å². The Morgan fingerprint density at radius 2 is 0.373 bits per heavy atom. The molecular weight excluding hydrogens is 1620 g/mol. The Morgan fingerprint density at radius 1 is 0.255 bits per heavy atom. The molecule has 17 heteroatoms. The van der Waals surface area contributed by atoms with Gasteiger partial charge in [0.2, 0.25) is 0 Å². The van der Waals surface area contributed by atoms with Crippen molar-refractivity contribution in [1.82, 2.24) is 0 Å². The molecule has 7 rings (SSSR count). The fraction of sp³-hybridized carbons (Fsp3) is 0.424. The topological polar surface area (TPSA) is 119 Å². The van der Waals surface area contributed by atoms with Gasteiger partial charge in [-0.3, -0.25) is 8.31 Å². The number of carbonyl (C=O) groups is 7. The molecular formula is C85H122K2O7Si6Sn2. The second-order valence-corrected chi connectivity index (χ2v) is 106. The fourth-order valence-electron chi connectivity index (χ4n) is 16.2. The standard InChI is InChI=1S/7C10H11O.C10H30Si4.C5H15Si2.2K.2Sn/c7*1-7-4-8(2)10(6-11)9(3)5-7;1-11(2,3)14(10,12(4,5)6)13(7,8)9;1-6(2)7(3,4)5;;;;/h7*4-5H,1-3H3;1-10H3;1-5H3;;;;/q;;;;;;;;-1;2*+1;;-1. The molecule has 0 aliphatic heterocycles. The van der Waals surface area contributed by atoms with Crippen LogP contribution in [0.25, 0.3) is 0 Å². The van der Waals surface area contributed by atoms with E-state index in [-0.39, 0.29) is 122 Å². The first kappa shape index (κ1) is 96.5. The summed E-state index contributed by atoms with van der Waals surface area (Å²) in [5.74, 6) is 0. The second kappa shape index (κ2) is 37.9. The van der Waals surface area contributed by atoms with Gasteiger partial charge in [0.25, 0.3) is 0 Å². The van der Waals surface area contributed by atoms with Crippen molar-refractivity contribution >= 4 is 110 Å². The number of carbonyl (C=O) groups excluding carboxylic acids is 7. The molecule has 0 saturated carbocycles. The van der Waals surface area contributed by atoms with E-state index in [1.807, 2.05) is 230 Å². The maximum atomic E-state index is 15.6. The SMILES string of the molecule is C[Si-](C)[Si](C)(C)C.C[Si](C)(C)[Si](C)([Si](C)(C)C)[Si](C)(C)C.Cc1cc(C)c([C](=O)[Sn-]([C](=O)c2c(C)cc(C)cc2C)[C](=O)c2c(C)cc(C)cc2C)c(C)c1.Cc1cc(C)c([C](=O)[Sn]([C](=O)c2c(C)cc(C)cc2C)([C](=O)c2c(C)cc(C)cc2C)[C](=O)c2c(C)cc(C)cc2C)c(C)c1.[K+].[K+]. The van der Waals surface area contributed by atoms with E-state index in [4.69, 9.17) is 0 Å². The first-order valence-corrected chi connectivity index (χ1v) is 68.5. The summed E-state index contributed by atoms with van der Waals surface area (Å²) < 4.78 is -2.98. The molecule has 102 heavy (non-hydrogen) atoms. The van der Waals surface area contributed by atoms with Crippen molar-refractivity contribution in [3.05, 3.63) is 241 Å². The van der Waals surface area contributed by atoms with E-state index in [0.717, 1.165) is 72.3 Å². The van der Waals surface area contributed by atoms with Crippen molar-refractivity contribution < 1.29 is 136 Å². The molecule has 0 fully saturated rings. The van der Waals surface area contributed by atoms with Crippen molar-refractivity contribution in [2.75, 3.05) is 0 Å². The predicted octanol–water partition coefficient (Wildman–Crippen LogP) is 15.8. The zero-order valence-electron chi connectivity index (χ0n) is 70.4. The van der Waals surface area contributed by atoms with Crippen LogP contribution in [0.1, 0.15) is 189 Å². The van der Waals surface area contributed by atoms with Crippen molar-refractivity contribution in [2.45, 2.75) is 244 Å². The number of hydrogen-bond donors (Lipinski definition) is 0. The molecule has 0 saturated heterocycles. The average Bonchev–Trinajstić information content (AvgIpc) is 0.718. The van der Waals surface area contributed by atoms with Gasteiger partial charge in [-0.25, -0.2) is 0 Å². The number of rotatable bonds is 18. The van der Waals surface area contributed by atoms with Crippen LogP contribution in [0.4, 0.5) is 0 Å². The quantitative estimate of drug-likeness (QED) is 0.0785. The van der Waals surface area contributed by atoms with Crippen LogP contribution in [0, 0.1) is 145 Å². The third-order valence-corrected chi connectivity index (χ3v) is 127. The van der Waals surface area contributed by atoms with Crippen LogP contribution in [0.2, 0.25) is 98.2 Å². The molecule has 0 aromatic heterocycles. The molecule has 0 heterocycles. The summed E-state index contributed by atoms with van der Waals surface area (Å²) in [6.07, 6.45) is 0. The summed E-state index contributed by atoms with van der Waals surface area (Å²) in [5.41, 5.74) is 20.3. The summed E-state index contributed by atoms with van der Waals surface area (Å²) >= 11 is -10.4. The van der Waals surface area contributed by atoms with E-state index in [0.29, 0.717) is 83.5 Å². The Hall–Kier alpha value is -1.60. The normalized spacial score (nSPS) is 11.7. The third kappa shape index (κ3) is 21.7. The minimum atomic E-state index is -6.25. The van der Waals surface area contributed by atoms with Gasteiger partial charge in [-0.05, 0) is 0 Å². The molecule has 0 unspecified atom stereocenters. The van der Waals surface area contributed by atoms with Gasteiger partial charge < -0.3 is 0 Å². The summed E-state index contributed by atoms with van der Waals surface area (Å²) in [6, 6.07) is 26.9. The maximum absolute atomic E-state index is 15.6. The molecule has 0 atom stereocenters. The van der Waals surface area contributed by atoms with Crippen LogP contribution in [-0.4, -0.2) is 110 Å². The van der Waals surface area contributed by atoms with Gasteiger partial charge in [0, 0.05) is 29.4 Å². The van der Waals surface area contributed by atoms with E-state index in [1.165, 1.54) is 0 Å². The first-order valence-electron chi connectivity index (χ1n) is 35.5. The van der Waals surface area contributed by atoms with Gasteiger partial charge in [-0.15, -0.1) is 7.59 Å². The molecule has 0 radical (unpaired) electrons. The summed E-state index contributed by atoms with van der Waals surface area (Å²) in [4.78, 5) is 105. The van der Waals surface area contributed by atoms with Crippen molar-refractivity contribution in [1.29, 1.82) is 0 Å². The van der Waals surface area contributed by atoms with Crippen LogP contribution in [0.5, 0.6) is 0 Å². The smallest absolute Gasteiger partial charge is 1.00 e. The zero-order valence-corrected chi connectivity index (χ0v) is 88.4. The van der Waals surface area contributed by atoms with Gasteiger partial charge in [-0.1, -0.05) is 85.1 Å². The number of benzene rings is 7. The molecule has 7 aromatic rings. The Kier molecular flexibility index (Phi) is 35.8. The minimum Gasteiger partial charge on any atom is 1.00 e. The molecule has 0 spiro atoms. The molecule has 7 aromatic carbocycles. The van der Waals surface area contributed by atoms with Crippen LogP contribution in [-0.2, 0) is 0 Å². The average molecular weight is 1740 g/mol. The van der Waals surface area contributed by atoms with Gasteiger partial charge >= 0.3 is 587 Å². The zero-order chi connectivity index (χ0) is 77.3. The summed E-state index contributed by atoms with van der Waals surface area (Å²) in [7, 11) is -3.30. The van der Waals surface area contributed by atoms with Crippen LogP contribution in [0.15, 0.2) is 84.9 Å². The fourth-order valence-corrected chi connectivity index (χ4v) is 124. The molecule has 0 aliphatic rings. The van der Waals surface area contributed by atoms with Crippen LogP contribution in [0.3, 0.4) is 0 Å². The monoisotopic (exact) mass is 1740 g/mol. The molecule has 7 nitrogen and oxygen atoms in total. The van der Waals surface area contributed by atoms with Crippen LogP contribution >= 0.6 is 0 Å². The van der Waals surface area contributed by atoms with Crippen molar-refractivity contribution in [3.8, 4) is 0 Å². The predicted molar refractivity (Wildman–Crippen MR) is 449 cm³/mol. The second-order valence-electron chi connectivity index (χ2n) is 34.0. The Balaban J connectivity index is 0.000000543. The molecule has 0 amide bonds. The van der Waals surface area contributed by atoms with Gasteiger partial charge in [-0.2, -0.15) is 13.1 Å².